The molecule has 1 aliphatic heterocycles. The van der Waals surface area contributed by atoms with Gasteiger partial charge >= 0.3 is 5.97 Å². The van der Waals surface area contributed by atoms with Crippen molar-refractivity contribution in [1.29, 1.82) is 0 Å². The van der Waals surface area contributed by atoms with Crippen molar-refractivity contribution in [3.63, 3.8) is 0 Å². The summed E-state index contributed by atoms with van der Waals surface area (Å²) in [5.74, 6) is 3.48. The topological polar surface area (TPSA) is 52.6 Å². The largest absolute Gasteiger partial charge is 0.458 e. The van der Waals surface area contributed by atoms with Gasteiger partial charge in [0.1, 0.15) is 12.2 Å². The SMILES string of the molecule is CCC1(OC(=O)C2C3CC4C(OCC(=O)C42)C3C)C2CC3CC(C2)CC1C3. The van der Waals surface area contributed by atoms with Gasteiger partial charge in [-0.15, -0.1) is 0 Å². The van der Waals surface area contributed by atoms with Crippen LogP contribution in [0.25, 0.3) is 0 Å². The van der Waals surface area contributed by atoms with Crippen molar-refractivity contribution in [1.82, 2.24) is 0 Å². The lowest BCUT2D eigenvalue weighted by atomic mass is 9.49. The standard InChI is InChI=1S/C23H32O4/c1-3-23(14-5-12-4-13(7-14)8-15(23)6-12)27-22(25)20-16-9-17-19(20)18(24)10-26-21(17)11(16)2/h11-17,19-21H,3-10H2,1-2H3. The van der Waals surface area contributed by atoms with Crippen LogP contribution in [0.4, 0.5) is 0 Å². The van der Waals surface area contributed by atoms with E-state index in [0.29, 0.717) is 17.8 Å². The zero-order chi connectivity index (χ0) is 18.5. The molecule has 4 nitrogen and oxygen atoms in total. The Bertz CT molecular complexity index is 656. The van der Waals surface area contributed by atoms with Crippen LogP contribution in [0.3, 0.4) is 0 Å². The number of Topliss-reactive ketones (excluding diaryl/α,β-unsaturated/α-hetero) is 1. The minimum Gasteiger partial charge on any atom is -0.458 e. The Morgan fingerprint density at radius 1 is 1.07 bits per heavy atom. The number of carbonyl (C=O) groups is 2. The van der Waals surface area contributed by atoms with E-state index in [4.69, 9.17) is 9.47 Å². The fourth-order valence-electron chi connectivity index (χ4n) is 9.02. The van der Waals surface area contributed by atoms with Gasteiger partial charge in [0.25, 0.3) is 0 Å². The molecule has 0 amide bonds. The molecule has 27 heavy (non-hydrogen) atoms. The molecule has 7 rings (SSSR count). The van der Waals surface area contributed by atoms with E-state index in [1.807, 2.05) is 0 Å². The van der Waals surface area contributed by atoms with Gasteiger partial charge in [0.15, 0.2) is 5.78 Å². The Labute approximate surface area is 161 Å². The summed E-state index contributed by atoms with van der Waals surface area (Å²) in [7, 11) is 0. The molecule has 0 aromatic heterocycles. The first-order valence-corrected chi connectivity index (χ1v) is 11.4. The van der Waals surface area contributed by atoms with Crippen molar-refractivity contribution in [2.45, 2.75) is 70.5 Å². The van der Waals surface area contributed by atoms with Crippen molar-refractivity contribution in [2.75, 3.05) is 6.61 Å². The average molecular weight is 373 g/mol. The summed E-state index contributed by atoms with van der Waals surface area (Å²) in [5, 5.41) is 0. The zero-order valence-electron chi connectivity index (χ0n) is 16.6. The highest BCUT2D eigenvalue weighted by molar-refractivity contribution is 5.90. The second kappa shape index (κ2) is 5.58. The number of hydrogen-bond acceptors (Lipinski definition) is 4. The van der Waals surface area contributed by atoms with Crippen molar-refractivity contribution >= 4 is 11.8 Å². The molecule has 6 unspecified atom stereocenters. The Kier molecular flexibility index (Phi) is 3.52. The van der Waals surface area contributed by atoms with E-state index in [-0.39, 0.29) is 53.7 Å². The third kappa shape index (κ3) is 2.09. The fraction of sp³-hybridized carbons (Fsp3) is 0.913. The molecule has 1 heterocycles. The summed E-state index contributed by atoms with van der Waals surface area (Å²) < 4.78 is 12.4. The number of hydrogen-bond donors (Lipinski definition) is 0. The van der Waals surface area contributed by atoms with Crippen LogP contribution in [-0.4, -0.2) is 30.1 Å². The van der Waals surface area contributed by atoms with Crippen LogP contribution in [-0.2, 0) is 19.1 Å². The minimum atomic E-state index is -0.247. The molecule has 7 aliphatic rings. The number of carbonyl (C=O) groups excluding carboxylic acids is 2. The monoisotopic (exact) mass is 372 g/mol. The van der Waals surface area contributed by atoms with Gasteiger partial charge in [-0.05, 0) is 86.4 Å². The van der Waals surface area contributed by atoms with E-state index >= 15 is 0 Å². The molecule has 4 heteroatoms. The van der Waals surface area contributed by atoms with Crippen LogP contribution in [0.15, 0.2) is 0 Å². The van der Waals surface area contributed by atoms with Crippen LogP contribution >= 0.6 is 0 Å². The van der Waals surface area contributed by atoms with Gasteiger partial charge in [-0.3, -0.25) is 9.59 Å². The molecule has 1 saturated heterocycles. The lowest BCUT2D eigenvalue weighted by Crippen LogP contribution is -2.60. The highest BCUT2D eigenvalue weighted by atomic mass is 16.6. The quantitative estimate of drug-likeness (QED) is 0.710. The Balaban J connectivity index is 1.29. The fourth-order valence-corrected chi connectivity index (χ4v) is 9.02. The van der Waals surface area contributed by atoms with E-state index in [9.17, 15) is 9.59 Å². The summed E-state index contributed by atoms with van der Waals surface area (Å²) in [6.45, 7) is 4.62. The molecule has 7 fully saturated rings. The number of ketones is 1. The van der Waals surface area contributed by atoms with Gasteiger partial charge in [-0.1, -0.05) is 13.8 Å². The molecular formula is C23H32O4. The van der Waals surface area contributed by atoms with E-state index in [2.05, 4.69) is 13.8 Å². The van der Waals surface area contributed by atoms with E-state index in [1.165, 1.54) is 32.1 Å². The Morgan fingerprint density at radius 3 is 2.37 bits per heavy atom. The maximum atomic E-state index is 13.6. The van der Waals surface area contributed by atoms with E-state index < -0.39 is 0 Å². The smallest absolute Gasteiger partial charge is 0.310 e. The second-order valence-corrected chi connectivity index (χ2v) is 10.8. The molecular weight excluding hydrogens is 340 g/mol. The summed E-state index contributed by atoms with van der Waals surface area (Å²) in [6.07, 6.45) is 8.50. The summed E-state index contributed by atoms with van der Waals surface area (Å²) >= 11 is 0. The van der Waals surface area contributed by atoms with Gasteiger partial charge in [0.05, 0.1) is 12.0 Å². The number of esters is 1. The summed E-state index contributed by atoms with van der Waals surface area (Å²) in [4.78, 5) is 26.2. The van der Waals surface area contributed by atoms with Crippen LogP contribution in [0.2, 0.25) is 0 Å². The first kappa shape index (κ1) is 17.0. The lowest BCUT2D eigenvalue weighted by molar-refractivity contribution is -0.220. The highest BCUT2D eigenvalue weighted by Gasteiger charge is 2.65. The van der Waals surface area contributed by atoms with Crippen molar-refractivity contribution in [3.05, 3.63) is 0 Å². The van der Waals surface area contributed by atoms with Gasteiger partial charge < -0.3 is 9.47 Å². The Morgan fingerprint density at radius 2 is 1.74 bits per heavy atom. The number of ether oxygens (including phenoxy) is 2. The maximum Gasteiger partial charge on any atom is 0.310 e. The molecule has 148 valence electrons. The summed E-state index contributed by atoms with van der Waals surface area (Å²) in [6, 6.07) is 0. The molecule has 0 spiro atoms. The molecule has 6 bridgehead atoms. The minimum absolute atomic E-state index is 0.0395. The van der Waals surface area contributed by atoms with E-state index in [1.54, 1.807) is 0 Å². The average Bonchev–Trinajstić information content (AvgIpc) is 3.19. The van der Waals surface area contributed by atoms with Gasteiger partial charge in [0, 0.05) is 5.92 Å². The van der Waals surface area contributed by atoms with Gasteiger partial charge in [-0.25, -0.2) is 0 Å². The Hall–Kier alpha value is -0.900. The molecule has 6 aliphatic carbocycles. The number of rotatable bonds is 3. The second-order valence-electron chi connectivity index (χ2n) is 10.8. The first-order chi connectivity index (χ1) is 13.0. The predicted octanol–water partition coefficient (Wildman–Crippen LogP) is 3.62. The van der Waals surface area contributed by atoms with Crippen LogP contribution in [0.5, 0.6) is 0 Å². The third-order valence-corrected chi connectivity index (χ3v) is 9.89. The van der Waals surface area contributed by atoms with Crippen LogP contribution < -0.4 is 0 Å². The summed E-state index contributed by atoms with van der Waals surface area (Å²) in [5.41, 5.74) is -0.247. The molecule has 0 aromatic carbocycles. The highest BCUT2D eigenvalue weighted by Crippen LogP contribution is 2.62. The molecule has 0 aromatic rings. The third-order valence-electron chi connectivity index (χ3n) is 9.89. The first-order valence-electron chi connectivity index (χ1n) is 11.4. The zero-order valence-corrected chi connectivity index (χ0v) is 16.6. The van der Waals surface area contributed by atoms with Crippen molar-refractivity contribution in [3.8, 4) is 0 Å². The van der Waals surface area contributed by atoms with Crippen molar-refractivity contribution < 1.29 is 19.1 Å². The van der Waals surface area contributed by atoms with Crippen molar-refractivity contribution in [2.24, 2.45) is 53.3 Å². The van der Waals surface area contributed by atoms with Crippen LogP contribution in [0, 0.1) is 53.3 Å². The van der Waals surface area contributed by atoms with Gasteiger partial charge in [-0.2, -0.15) is 0 Å². The molecule has 0 radical (unpaired) electrons. The lowest BCUT2D eigenvalue weighted by Gasteiger charge is -2.60. The maximum absolute atomic E-state index is 13.6. The number of fused-ring (bicyclic) bond motifs is 1. The predicted molar refractivity (Wildman–Crippen MR) is 98.6 cm³/mol. The molecule has 0 N–H and O–H groups in total. The molecule has 6 atom stereocenters. The molecule has 6 saturated carbocycles. The van der Waals surface area contributed by atoms with Crippen LogP contribution in [0.1, 0.15) is 58.8 Å². The normalized spacial score (nSPS) is 57.3. The van der Waals surface area contributed by atoms with E-state index in [0.717, 1.165) is 24.7 Å². The van der Waals surface area contributed by atoms with Gasteiger partial charge in [0.2, 0.25) is 0 Å².